The smallest absolute Gasteiger partial charge is 0.325 e. The Bertz CT molecular complexity index is 343. The second kappa shape index (κ2) is 3.47. The minimum atomic E-state index is -0.887. The molecule has 2 bridgehead atoms. The Balaban J connectivity index is 2.14. The molecule has 0 aromatic rings. The van der Waals surface area contributed by atoms with Gasteiger partial charge in [-0.05, 0) is 44.4 Å². The highest BCUT2D eigenvalue weighted by Crippen LogP contribution is 2.66. The SMILES string of the molecule is CC(C)(N)C(=O)OC1CC2CCC1(C)C2(C)C. The molecule has 0 aromatic heterocycles. The fourth-order valence-electron chi connectivity index (χ4n) is 3.59. The van der Waals surface area contributed by atoms with E-state index in [1.54, 1.807) is 13.8 Å². The lowest BCUT2D eigenvalue weighted by molar-refractivity contribution is -0.162. The van der Waals surface area contributed by atoms with Crippen LogP contribution in [0.5, 0.6) is 0 Å². The molecule has 0 heterocycles. The largest absolute Gasteiger partial charge is 0.460 e. The lowest BCUT2D eigenvalue weighted by atomic mass is 9.70. The van der Waals surface area contributed by atoms with Crippen molar-refractivity contribution in [2.45, 2.75) is 65.5 Å². The Morgan fingerprint density at radius 2 is 1.94 bits per heavy atom. The van der Waals surface area contributed by atoms with Crippen LogP contribution in [0.25, 0.3) is 0 Å². The average molecular weight is 239 g/mol. The van der Waals surface area contributed by atoms with Crippen molar-refractivity contribution in [2.24, 2.45) is 22.5 Å². The normalized spacial score (nSPS) is 39.4. The summed E-state index contributed by atoms with van der Waals surface area (Å²) < 4.78 is 5.68. The van der Waals surface area contributed by atoms with Crippen molar-refractivity contribution < 1.29 is 9.53 Å². The monoisotopic (exact) mass is 239 g/mol. The maximum atomic E-state index is 11.9. The van der Waals surface area contributed by atoms with Gasteiger partial charge >= 0.3 is 5.97 Å². The van der Waals surface area contributed by atoms with Crippen molar-refractivity contribution in [1.82, 2.24) is 0 Å². The lowest BCUT2D eigenvalue weighted by Gasteiger charge is -2.39. The summed E-state index contributed by atoms with van der Waals surface area (Å²) in [6.45, 7) is 10.3. The molecule has 3 heteroatoms. The summed E-state index contributed by atoms with van der Waals surface area (Å²) in [5, 5.41) is 0. The van der Waals surface area contributed by atoms with E-state index in [0.717, 1.165) is 12.8 Å². The summed E-state index contributed by atoms with van der Waals surface area (Å²) in [4.78, 5) is 11.9. The third kappa shape index (κ3) is 1.70. The lowest BCUT2D eigenvalue weighted by Crippen LogP contribution is -2.47. The maximum Gasteiger partial charge on any atom is 0.325 e. The van der Waals surface area contributed by atoms with Gasteiger partial charge in [0, 0.05) is 5.41 Å². The Morgan fingerprint density at radius 1 is 1.35 bits per heavy atom. The zero-order valence-corrected chi connectivity index (χ0v) is 11.7. The summed E-state index contributed by atoms with van der Waals surface area (Å²) in [5.74, 6) is 0.415. The van der Waals surface area contributed by atoms with Crippen LogP contribution in [0.3, 0.4) is 0 Å². The van der Waals surface area contributed by atoms with Crippen LogP contribution in [0.4, 0.5) is 0 Å². The minimum Gasteiger partial charge on any atom is -0.460 e. The second-order valence-electron chi connectivity index (χ2n) is 7.23. The summed E-state index contributed by atoms with van der Waals surface area (Å²) >= 11 is 0. The molecule has 0 aliphatic heterocycles. The third-order valence-corrected chi connectivity index (χ3v) is 5.49. The van der Waals surface area contributed by atoms with E-state index >= 15 is 0 Å². The van der Waals surface area contributed by atoms with E-state index in [-0.39, 0.29) is 22.9 Å². The van der Waals surface area contributed by atoms with Crippen LogP contribution in [-0.4, -0.2) is 17.6 Å². The van der Waals surface area contributed by atoms with E-state index in [2.05, 4.69) is 20.8 Å². The van der Waals surface area contributed by atoms with Gasteiger partial charge in [-0.3, -0.25) is 4.79 Å². The topological polar surface area (TPSA) is 52.3 Å². The molecule has 0 amide bonds. The van der Waals surface area contributed by atoms with E-state index in [4.69, 9.17) is 10.5 Å². The Labute approximate surface area is 104 Å². The number of rotatable bonds is 2. The molecule has 0 saturated heterocycles. The fourth-order valence-corrected chi connectivity index (χ4v) is 3.59. The molecule has 98 valence electrons. The summed E-state index contributed by atoms with van der Waals surface area (Å²) in [6, 6.07) is 0. The third-order valence-electron chi connectivity index (χ3n) is 5.49. The highest BCUT2D eigenvalue weighted by atomic mass is 16.5. The van der Waals surface area contributed by atoms with Crippen molar-refractivity contribution in [2.75, 3.05) is 0 Å². The van der Waals surface area contributed by atoms with Gasteiger partial charge in [0.1, 0.15) is 11.6 Å². The number of carbonyl (C=O) groups excluding carboxylic acids is 1. The number of hydrogen-bond acceptors (Lipinski definition) is 3. The number of fused-ring (bicyclic) bond motifs is 2. The molecule has 0 radical (unpaired) electrons. The van der Waals surface area contributed by atoms with Crippen molar-refractivity contribution in [1.29, 1.82) is 0 Å². The highest BCUT2D eigenvalue weighted by molar-refractivity contribution is 5.79. The van der Waals surface area contributed by atoms with Gasteiger partial charge in [0.2, 0.25) is 0 Å². The average Bonchev–Trinajstić information content (AvgIpc) is 2.49. The number of carbonyl (C=O) groups is 1. The molecule has 2 saturated carbocycles. The molecule has 2 N–H and O–H groups in total. The van der Waals surface area contributed by atoms with E-state index in [9.17, 15) is 4.79 Å². The number of nitrogens with two attached hydrogens (primary N) is 1. The van der Waals surface area contributed by atoms with Crippen molar-refractivity contribution >= 4 is 5.97 Å². The molecule has 2 aliphatic rings. The first-order valence-corrected chi connectivity index (χ1v) is 6.59. The van der Waals surface area contributed by atoms with Gasteiger partial charge in [-0.15, -0.1) is 0 Å². The molecule has 2 aliphatic carbocycles. The predicted molar refractivity (Wildman–Crippen MR) is 67.4 cm³/mol. The van der Waals surface area contributed by atoms with E-state index in [1.807, 2.05) is 0 Å². The first kappa shape index (κ1) is 12.9. The van der Waals surface area contributed by atoms with Crippen LogP contribution in [0.2, 0.25) is 0 Å². The molecule has 3 unspecified atom stereocenters. The zero-order chi connectivity index (χ0) is 13.1. The highest BCUT2D eigenvalue weighted by Gasteiger charge is 2.63. The Hall–Kier alpha value is -0.570. The van der Waals surface area contributed by atoms with Gasteiger partial charge < -0.3 is 10.5 Å². The second-order valence-corrected chi connectivity index (χ2v) is 7.23. The summed E-state index contributed by atoms with van der Waals surface area (Å²) in [5.41, 5.74) is 5.30. The van der Waals surface area contributed by atoms with Gasteiger partial charge in [0.25, 0.3) is 0 Å². The molecular weight excluding hydrogens is 214 g/mol. The molecule has 0 spiro atoms. The molecule has 0 aromatic carbocycles. The number of esters is 1. The fraction of sp³-hybridized carbons (Fsp3) is 0.929. The molecule has 3 atom stereocenters. The molecular formula is C14H25NO2. The predicted octanol–water partition coefficient (Wildman–Crippen LogP) is 2.48. The standard InChI is InChI=1S/C14H25NO2/c1-12(2)9-6-7-14(12,5)10(8-9)17-11(16)13(3,4)15/h9-10H,6-8,15H2,1-5H3. The Morgan fingerprint density at radius 3 is 2.29 bits per heavy atom. The molecule has 17 heavy (non-hydrogen) atoms. The van der Waals surface area contributed by atoms with Gasteiger partial charge in [-0.1, -0.05) is 20.8 Å². The van der Waals surface area contributed by atoms with E-state index in [0.29, 0.717) is 5.92 Å². The van der Waals surface area contributed by atoms with E-state index < -0.39 is 5.54 Å². The van der Waals surface area contributed by atoms with Crippen LogP contribution in [0.1, 0.15) is 53.9 Å². The first-order chi connectivity index (χ1) is 7.59. The number of hydrogen-bond donors (Lipinski definition) is 1. The van der Waals surface area contributed by atoms with Gasteiger partial charge in [0.15, 0.2) is 0 Å². The summed E-state index contributed by atoms with van der Waals surface area (Å²) in [6.07, 6.45) is 3.48. The van der Waals surface area contributed by atoms with Gasteiger partial charge in [0.05, 0.1) is 0 Å². The van der Waals surface area contributed by atoms with Gasteiger partial charge in [-0.2, -0.15) is 0 Å². The van der Waals surface area contributed by atoms with Gasteiger partial charge in [-0.25, -0.2) is 0 Å². The Kier molecular flexibility index (Phi) is 2.63. The van der Waals surface area contributed by atoms with Crippen molar-refractivity contribution in [3.63, 3.8) is 0 Å². The van der Waals surface area contributed by atoms with E-state index in [1.165, 1.54) is 6.42 Å². The van der Waals surface area contributed by atoms with Crippen molar-refractivity contribution in [3.05, 3.63) is 0 Å². The molecule has 3 nitrogen and oxygen atoms in total. The van der Waals surface area contributed by atoms with Crippen LogP contribution in [0, 0.1) is 16.7 Å². The maximum absolute atomic E-state index is 11.9. The van der Waals surface area contributed by atoms with Crippen LogP contribution < -0.4 is 5.73 Å². The molecule has 2 rings (SSSR count). The van der Waals surface area contributed by atoms with Crippen LogP contribution in [0.15, 0.2) is 0 Å². The minimum absolute atomic E-state index is 0.0478. The van der Waals surface area contributed by atoms with Crippen LogP contribution >= 0.6 is 0 Å². The van der Waals surface area contributed by atoms with Crippen molar-refractivity contribution in [3.8, 4) is 0 Å². The quantitative estimate of drug-likeness (QED) is 0.753. The van der Waals surface area contributed by atoms with Crippen LogP contribution in [-0.2, 0) is 9.53 Å². The molecule has 2 fully saturated rings. The number of ether oxygens (including phenoxy) is 1. The zero-order valence-electron chi connectivity index (χ0n) is 11.7. The first-order valence-electron chi connectivity index (χ1n) is 6.59. The summed E-state index contributed by atoms with van der Waals surface area (Å²) in [7, 11) is 0.